The van der Waals surface area contributed by atoms with Crippen molar-refractivity contribution in [3.63, 3.8) is 0 Å². The number of rotatable bonds is 5. The normalized spacial score (nSPS) is 12.9. The summed E-state index contributed by atoms with van der Waals surface area (Å²) in [5.41, 5.74) is 1.62. The first-order valence-electron chi connectivity index (χ1n) is 6.70. The van der Waals surface area contributed by atoms with Crippen LogP contribution < -0.4 is 0 Å². The van der Waals surface area contributed by atoms with Crippen molar-refractivity contribution in [3.8, 4) is 0 Å². The summed E-state index contributed by atoms with van der Waals surface area (Å²) < 4.78 is 15.0. The Balaban J connectivity index is 2.31. The maximum atomic E-state index is 13.3. The van der Waals surface area contributed by atoms with Gasteiger partial charge in [-0.05, 0) is 38.2 Å². The third-order valence-electron chi connectivity index (χ3n) is 3.35. The van der Waals surface area contributed by atoms with E-state index in [2.05, 4.69) is 5.10 Å². The highest BCUT2D eigenvalue weighted by Gasteiger charge is 2.20. The van der Waals surface area contributed by atoms with Crippen LogP contribution in [-0.2, 0) is 6.54 Å². The number of nitrogens with zero attached hydrogens (tertiary/aromatic N) is 3. The lowest BCUT2D eigenvalue weighted by molar-refractivity contribution is 0.205. The van der Waals surface area contributed by atoms with Crippen LogP contribution in [0.3, 0.4) is 0 Å². The van der Waals surface area contributed by atoms with Crippen LogP contribution in [0.15, 0.2) is 24.4 Å². The molecule has 0 aliphatic carbocycles. The molecule has 0 saturated carbocycles. The summed E-state index contributed by atoms with van der Waals surface area (Å²) in [6.45, 7) is 3.06. The zero-order valence-corrected chi connectivity index (χ0v) is 13.1. The van der Waals surface area contributed by atoms with E-state index in [1.165, 1.54) is 12.3 Å². The van der Waals surface area contributed by atoms with E-state index in [9.17, 15) is 9.50 Å². The van der Waals surface area contributed by atoms with Gasteiger partial charge in [-0.1, -0.05) is 23.7 Å². The van der Waals surface area contributed by atoms with Crippen molar-refractivity contribution in [1.29, 1.82) is 0 Å². The first-order chi connectivity index (χ1) is 9.90. The number of likely N-dealkylation sites (N-methyl/N-ethyl adjacent to an activating group) is 1. The second-order valence-corrected chi connectivity index (χ2v) is 5.72. The highest BCUT2D eigenvalue weighted by Crippen LogP contribution is 2.29. The van der Waals surface area contributed by atoms with E-state index < -0.39 is 6.10 Å². The first kappa shape index (κ1) is 15.9. The molecule has 2 aromatic rings. The Morgan fingerprint density at radius 1 is 1.43 bits per heavy atom. The third-order valence-corrected chi connectivity index (χ3v) is 3.64. The van der Waals surface area contributed by atoms with Gasteiger partial charge in [0.15, 0.2) is 0 Å². The molecule has 21 heavy (non-hydrogen) atoms. The Morgan fingerprint density at radius 2 is 2.14 bits per heavy atom. The molecule has 6 heteroatoms. The fraction of sp³-hybridized carbons (Fsp3) is 0.400. The molecule has 1 aromatic carbocycles. The van der Waals surface area contributed by atoms with Gasteiger partial charge in [0.2, 0.25) is 0 Å². The van der Waals surface area contributed by atoms with Gasteiger partial charge in [-0.25, -0.2) is 4.39 Å². The molecule has 1 N–H and O–H groups in total. The molecule has 0 aliphatic rings. The Labute approximate surface area is 128 Å². The molecule has 1 heterocycles. The van der Waals surface area contributed by atoms with Gasteiger partial charge in [0.25, 0.3) is 0 Å². The fourth-order valence-corrected chi connectivity index (χ4v) is 2.36. The van der Waals surface area contributed by atoms with E-state index in [1.807, 2.05) is 19.0 Å². The van der Waals surface area contributed by atoms with E-state index in [4.69, 9.17) is 11.6 Å². The van der Waals surface area contributed by atoms with E-state index in [0.29, 0.717) is 28.4 Å². The molecular weight excluding hydrogens is 293 g/mol. The average molecular weight is 312 g/mol. The molecule has 1 unspecified atom stereocenters. The summed E-state index contributed by atoms with van der Waals surface area (Å²) in [5.74, 6) is -0.293. The zero-order chi connectivity index (χ0) is 15.6. The molecule has 0 amide bonds. The quantitative estimate of drug-likeness (QED) is 0.923. The van der Waals surface area contributed by atoms with Gasteiger partial charge >= 0.3 is 0 Å². The van der Waals surface area contributed by atoms with Gasteiger partial charge < -0.3 is 10.0 Å². The van der Waals surface area contributed by atoms with Crippen molar-refractivity contribution in [2.24, 2.45) is 0 Å². The predicted molar refractivity (Wildman–Crippen MR) is 81.0 cm³/mol. The number of halogens is 2. The summed E-state index contributed by atoms with van der Waals surface area (Å²) in [4.78, 5) is 2.02. The topological polar surface area (TPSA) is 41.3 Å². The number of hydrogen-bond donors (Lipinski definition) is 1. The molecule has 2 rings (SSSR count). The van der Waals surface area contributed by atoms with Gasteiger partial charge in [-0.2, -0.15) is 5.10 Å². The lowest BCUT2D eigenvalue weighted by atomic mass is 10.0. The third kappa shape index (κ3) is 3.61. The van der Waals surface area contributed by atoms with Crippen LogP contribution in [0, 0.1) is 12.7 Å². The fourth-order valence-electron chi connectivity index (χ4n) is 2.11. The van der Waals surface area contributed by atoms with Crippen molar-refractivity contribution in [2.75, 3.05) is 20.6 Å². The number of aromatic nitrogens is 2. The second kappa shape index (κ2) is 6.56. The van der Waals surface area contributed by atoms with Gasteiger partial charge in [-0.3, -0.25) is 4.68 Å². The maximum absolute atomic E-state index is 13.3. The molecule has 114 valence electrons. The van der Waals surface area contributed by atoms with Gasteiger partial charge in [0.1, 0.15) is 11.9 Å². The van der Waals surface area contributed by atoms with E-state index in [1.54, 1.807) is 23.7 Å². The van der Waals surface area contributed by atoms with E-state index in [0.717, 1.165) is 6.54 Å². The second-order valence-electron chi connectivity index (χ2n) is 5.32. The minimum atomic E-state index is -0.929. The molecule has 0 saturated heterocycles. The van der Waals surface area contributed by atoms with Gasteiger partial charge in [0.05, 0.1) is 23.5 Å². The summed E-state index contributed by atoms with van der Waals surface area (Å²) in [6, 6.07) is 4.54. The lowest BCUT2D eigenvalue weighted by Crippen LogP contribution is -2.21. The van der Waals surface area contributed by atoms with E-state index >= 15 is 0 Å². The molecule has 0 fully saturated rings. The summed E-state index contributed by atoms with van der Waals surface area (Å²) in [7, 11) is 3.93. The molecule has 0 bridgehead atoms. The minimum Gasteiger partial charge on any atom is -0.382 e. The highest BCUT2D eigenvalue weighted by molar-refractivity contribution is 6.31. The van der Waals surface area contributed by atoms with Crippen molar-refractivity contribution >= 4 is 11.6 Å². The van der Waals surface area contributed by atoms with Gasteiger partial charge in [-0.15, -0.1) is 0 Å². The maximum Gasteiger partial charge on any atom is 0.126 e. The number of benzene rings is 1. The predicted octanol–water partition coefficient (Wildman–Crippen LogP) is 2.63. The van der Waals surface area contributed by atoms with Crippen LogP contribution in [0.1, 0.15) is 22.9 Å². The van der Waals surface area contributed by atoms with E-state index in [-0.39, 0.29) is 5.82 Å². The number of aliphatic hydroxyl groups is 1. The first-order valence-corrected chi connectivity index (χ1v) is 7.08. The summed E-state index contributed by atoms with van der Waals surface area (Å²) in [5, 5.41) is 15.1. The molecule has 0 radical (unpaired) electrons. The Bertz CT molecular complexity index is 627. The SMILES string of the molecule is Cc1cc(C(O)c2c(Cl)cnn2CCN(C)C)ccc1F. The van der Waals surface area contributed by atoms with Crippen molar-refractivity contribution in [2.45, 2.75) is 19.6 Å². The zero-order valence-electron chi connectivity index (χ0n) is 12.3. The lowest BCUT2D eigenvalue weighted by Gasteiger charge is -2.17. The van der Waals surface area contributed by atoms with Gasteiger partial charge in [0, 0.05) is 6.54 Å². The molecule has 0 aliphatic heterocycles. The molecular formula is C15H19ClFN3O. The minimum absolute atomic E-state index is 0.293. The average Bonchev–Trinajstić information content (AvgIpc) is 2.80. The largest absolute Gasteiger partial charge is 0.382 e. The standard InChI is InChI=1S/C15H19ClFN3O/c1-10-8-11(4-5-13(10)17)15(21)14-12(16)9-18-20(14)7-6-19(2)3/h4-5,8-9,15,21H,6-7H2,1-3H3. The highest BCUT2D eigenvalue weighted by atomic mass is 35.5. The van der Waals surface area contributed by atoms with Crippen LogP contribution >= 0.6 is 11.6 Å². The summed E-state index contributed by atoms with van der Waals surface area (Å²) in [6.07, 6.45) is 0.591. The number of aryl methyl sites for hydroxylation is 1. The number of hydrogen-bond acceptors (Lipinski definition) is 3. The Kier molecular flexibility index (Phi) is 4.98. The van der Waals surface area contributed by atoms with Crippen LogP contribution in [-0.4, -0.2) is 40.4 Å². The monoisotopic (exact) mass is 311 g/mol. The molecule has 0 spiro atoms. The Morgan fingerprint density at radius 3 is 2.76 bits per heavy atom. The summed E-state index contributed by atoms with van der Waals surface area (Å²) >= 11 is 6.15. The smallest absolute Gasteiger partial charge is 0.126 e. The molecule has 4 nitrogen and oxygen atoms in total. The van der Waals surface area contributed by atoms with Crippen LogP contribution in [0.4, 0.5) is 4.39 Å². The van der Waals surface area contributed by atoms with Crippen molar-refractivity contribution in [3.05, 3.63) is 52.1 Å². The molecule has 1 aromatic heterocycles. The van der Waals surface area contributed by atoms with Crippen LogP contribution in [0.2, 0.25) is 5.02 Å². The number of aliphatic hydroxyl groups excluding tert-OH is 1. The van der Waals surface area contributed by atoms with Crippen LogP contribution in [0.5, 0.6) is 0 Å². The molecule has 1 atom stereocenters. The van der Waals surface area contributed by atoms with Crippen LogP contribution in [0.25, 0.3) is 0 Å². The Hall–Kier alpha value is -1.43. The van der Waals surface area contributed by atoms with Crippen molar-refractivity contribution in [1.82, 2.24) is 14.7 Å². The van der Waals surface area contributed by atoms with Crippen molar-refractivity contribution < 1.29 is 9.50 Å².